The van der Waals surface area contributed by atoms with Gasteiger partial charge in [-0.3, -0.25) is 14.4 Å². The minimum absolute atomic E-state index is 0.0132. The monoisotopic (exact) mass is 449 g/mol. The predicted molar refractivity (Wildman–Crippen MR) is 110 cm³/mol. The van der Waals surface area contributed by atoms with Gasteiger partial charge >= 0.3 is 6.09 Å². The van der Waals surface area contributed by atoms with Crippen LogP contribution in [0.2, 0.25) is 0 Å². The first-order valence-corrected chi connectivity index (χ1v) is 9.95. The van der Waals surface area contributed by atoms with Crippen LogP contribution in [0.15, 0.2) is 0 Å². The Morgan fingerprint density at radius 3 is 2.00 bits per heavy atom. The second-order valence-corrected chi connectivity index (χ2v) is 6.62. The molecular weight excluding hydrogens is 414 g/mol. The van der Waals surface area contributed by atoms with E-state index in [9.17, 15) is 19.2 Å². The molecule has 0 heterocycles. The number of carbonyl (C=O) groups excluding carboxylic acids is 4. The molecule has 3 amide bonds. The molecule has 0 rings (SSSR count). The van der Waals surface area contributed by atoms with Gasteiger partial charge in [-0.25, -0.2) is 4.79 Å². The summed E-state index contributed by atoms with van der Waals surface area (Å²) in [6, 6.07) is -1.09. The Hall–Kier alpha value is -2.28. The van der Waals surface area contributed by atoms with Crippen LogP contribution in [0.25, 0.3) is 0 Å². The summed E-state index contributed by atoms with van der Waals surface area (Å²) in [5, 5.41) is 7.19. The van der Waals surface area contributed by atoms with Gasteiger partial charge < -0.3 is 39.6 Å². The van der Waals surface area contributed by atoms with Gasteiger partial charge in [0.1, 0.15) is 12.6 Å². The first-order chi connectivity index (χ1) is 14.8. The average molecular weight is 450 g/mol. The van der Waals surface area contributed by atoms with E-state index in [0.717, 1.165) is 0 Å². The van der Waals surface area contributed by atoms with E-state index in [-0.39, 0.29) is 51.2 Å². The normalized spacial score (nSPS) is 11.6. The number of alkyl carbamates (subject to hydrolysis) is 1. The van der Waals surface area contributed by atoms with Crippen LogP contribution < -0.4 is 16.0 Å². The van der Waals surface area contributed by atoms with Crippen LogP contribution in [0.3, 0.4) is 0 Å². The zero-order chi connectivity index (χ0) is 23.5. The summed E-state index contributed by atoms with van der Waals surface area (Å²) in [6.07, 6.45) is -0.835. The summed E-state index contributed by atoms with van der Waals surface area (Å²) >= 11 is 0. The molecule has 0 fully saturated rings. The predicted octanol–water partition coefficient (Wildman–Crippen LogP) is -1.14. The molecule has 0 saturated heterocycles. The fourth-order valence-electron chi connectivity index (χ4n) is 1.89. The third kappa shape index (κ3) is 16.1. The van der Waals surface area contributed by atoms with E-state index in [1.54, 1.807) is 21.0 Å². The van der Waals surface area contributed by atoms with E-state index in [0.29, 0.717) is 19.8 Å². The van der Waals surface area contributed by atoms with Gasteiger partial charge in [0.25, 0.3) is 0 Å². The van der Waals surface area contributed by atoms with Gasteiger partial charge in [0.05, 0.1) is 52.7 Å². The van der Waals surface area contributed by atoms with Crippen molar-refractivity contribution in [3.05, 3.63) is 0 Å². The number of rotatable bonds is 18. The second kappa shape index (κ2) is 18.5. The minimum Gasteiger partial charge on any atom is -0.447 e. The van der Waals surface area contributed by atoms with Gasteiger partial charge in [-0.1, -0.05) is 13.8 Å². The number of carbonyl (C=O) groups is 4. The topological polar surface area (TPSA) is 151 Å². The van der Waals surface area contributed by atoms with Crippen LogP contribution in [0.1, 0.15) is 13.8 Å². The minimum atomic E-state index is -1.09. The molecule has 0 aromatic rings. The summed E-state index contributed by atoms with van der Waals surface area (Å²) in [6.45, 7) is 4.29. The Balaban J connectivity index is 4.45. The molecule has 0 aliphatic rings. The summed E-state index contributed by atoms with van der Waals surface area (Å²) in [4.78, 5) is 47.6. The van der Waals surface area contributed by atoms with Crippen molar-refractivity contribution < 1.29 is 42.9 Å². The lowest BCUT2D eigenvalue weighted by Gasteiger charge is -2.18. The molecule has 0 radical (unpaired) electrons. The van der Waals surface area contributed by atoms with Gasteiger partial charge in [0.15, 0.2) is 5.78 Å². The molecule has 0 spiro atoms. The molecule has 1 atom stereocenters. The molecule has 3 N–H and O–H groups in total. The number of methoxy groups -OCH3 is 2. The number of Topliss-reactive ketones (excluding diaryl/α,β-unsaturated/α-hetero) is 1. The maximum absolute atomic E-state index is 12.4. The number of hydrogen-bond acceptors (Lipinski definition) is 9. The fraction of sp³-hybridized carbons (Fsp3) is 0.789. The quantitative estimate of drug-likeness (QED) is 0.221. The molecular formula is C19H35N3O9. The highest BCUT2D eigenvalue weighted by Crippen LogP contribution is 1.93. The van der Waals surface area contributed by atoms with Crippen LogP contribution in [-0.2, 0) is 38.1 Å². The van der Waals surface area contributed by atoms with E-state index >= 15 is 0 Å². The fourth-order valence-corrected chi connectivity index (χ4v) is 1.89. The second-order valence-electron chi connectivity index (χ2n) is 6.62. The Kier molecular flexibility index (Phi) is 17.1. The van der Waals surface area contributed by atoms with Crippen LogP contribution in [0.5, 0.6) is 0 Å². The van der Waals surface area contributed by atoms with Gasteiger partial charge in [0, 0.05) is 20.1 Å². The van der Waals surface area contributed by atoms with Crippen LogP contribution in [-0.4, -0.2) is 103 Å². The van der Waals surface area contributed by atoms with Gasteiger partial charge in [-0.05, 0) is 0 Å². The first-order valence-electron chi connectivity index (χ1n) is 9.95. The van der Waals surface area contributed by atoms with Crippen molar-refractivity contribution in [3.8, 4) is 0 Å². The van der Waals surface area contributed by atoms with Crippen molar-refractivity contribution in [2.75, 3.05) is 73.6 Å². The van der Waals surface area contributed by atoms with E-state index in [4.69, 9.17) is 23.7 Å². The van der Waals surface area contributed by atoms with Crippen molar-refractivity contribution in [2.45, 2.75) is 19.9 Å². The van der Waals surface area contributed by atoms with E-state index in [2.05, 4.69) is 16.0 Å². The number of ketones is 1. The molecule has 180 valence electrons. The van der Waals surface area contributed by atoms with Gasteiger partial charge in [-0.15, -0.1) is 0 Å². The largest absolute Gasteiger partial charge is 0.447 e. The summed E-state index contributed by atoms with van der Waals surface area (Å²) < 4.78 is 25.1. The van der Waals surface area contributed by atoms with Crippen LogP contribution in [0.4, 0.5) is 4.79 Å². The summed E-state index contributed by atoms with van der Waals surface area (Å²) in [5.74, 6) is -1.50. The Bertz CT molecular complexity index is 544. The maximum Gasteiger partial charge on any atom is 0.407 e. The number of amides is 3. The molecule has 31 heavy (non-hydrogen) atoms. The summed E-state index contributed by atoms with van der Waals surface area (Å²) in [7, 11) is 3.04. The van der Waals surface area contributed by atoms with Gasteiger partial charge in [0.2, 0.25) is 11.8 Å². The molecule has 0 aromatic heterocycles. The van der Waals surface area contributed by atoms with Crippen LogP contribution in [0, 0.1) is 5.92 Å². The van der Waals surface area contributed by atoms with Crippen LogP contribution >= 0.6 is 0 Å². The molecule has 12 nitrogen and oxygen atoms in total. The van der Waals surface area contributed by atoms with Crippen molar-refractivity contribution in [1.29, 1.82) is 0 Å². The molecule has 0 aliphatic carbocycles. The molecule has 0 saturated carbocycles. The lowest BCUT2D eigenvalue weighted by Crippen LogP contribution is -2.51. The molecule has 12 heteroatoms. The zero-order valence-electron chi connectivity index (χ0n) is 18.7. The molecule has 0 bridgehead atoms. The van der Waals surface area contributed by atoms with Crippen molar-refractivity contribution in [2.24, 2.45) is 5.92 Å². The van der Waals surface area contributed by atoms with Crippen molar-refractivity contribution in [1.82, 2.24) is 16.0 Å². The lowest BCUT2D eigenvalue weighted by molar-refractivity contribution is -0.129. The van der Waals surface area contributed by atoms with Crippen molar-refractivity contribution in [3.63, 3.8) is 0 Å². The zero-order valence-corrected chi connectivity index (χ0v) is 18.7. The highest BCUT2D eigenvalue weighted by Gasteiger charge is 2.22. The highest BCUT2D eigenvalue weighted by atomic mass is 16.6. The Morgan fingerprint density at radius 1 is 0.774 bits per heavy atom. The smallest absolute Gasteiger partial charge is 0.407 e. The standard InChI is InChI=1S/C19H35N3O9/c1-14(2)16(23)11-20-17(24)12-21-18(25)15(13-30-8-6-28-4)22-19(26)31-10-9-29-7-5-27-3/h14-15H,5-13H2,1-4H3,(H,20,24)(H,21,25)(H,22,26). The molecule has 0 aromatic carbocycles. The maximum atomic E-state index is 12.4. The molecule has 0 aliphatic heterocycles. The highest BCUT2D eigenvalue weighted by molar-refractivity contribution is 5.91. The molecule has 1 unspecified atom stereocenters. The third-order valence-electron chi connectivity index (χ3n) is 3.74. The number of hydrogen-bond donors (Lipinski definition) is 3. The summed E-state index contributed by atoms with van der Waals surface area (Å²) in [5.41, 5.74) is 0. The average Bonchev–Trinajstić information content (AvgIpc) is 2.74. The van der Waals surface area contributed by atoms with E-state index in [1.165, 1.54) is 7.11 Å². The first kappa shape index (κ1) is 28.7. The van der Waals surface area contributed by atoms with Crippen molar-refractivity contribution >= 4 is 23.7 Å². The van der Waals surface area contributed by atoms with Gasteiger partial charge in [-0.2, -0.15) is 0 Å². The SMILES string of the molecule is COCCOCCOC(=O)NC(COCCOC)C(=O)NCC(=O)NCC(=O)C(C)C. The number of ether oxygens (including phenoxy) is 5. The van der Waals surface area contributed by atoms with E-state index < -0.39 is 23.9 Å². The van der Waals surface area contributed by atoms with E-state index in [1.807, 2.05) is 0 Å². The lowest BCUT2D eigenvalue weighted by atomic mass is 10.1. The Morgan fingerprint density at radius 2 is 1.39 bits per heavy atom. The third-order valence-corrected chi connectivity index (χ3v) is 3.74. The number of nitrogens with one attached hydrogen (secondary N) is 3. The Labute approximate surface area is 182 Å².